The van der Waals surface area contributed by atoms with Crippen molar-refractivity contribution in [3.8, 4) is 0 Å². The number of aromatic nitrogens is 2. The molecule has 12 heteroatoms. The topological polar surface area (TPSA) is 99.2 Å². The van der Waals surface area contributed by atoms with Crippen LogP contribution in [0.5, 0.6) is 0 Å². The number of hydrogen-bond acceptors (Lipinski definition) is 7. The van der Waals surface area contributed by atoms with E-state index >= 15 is 0 Å². The molecule has 0 aliphatic heterocycles. The molecule has 0 atom stereocenters. The number of nitrogens with one attached hydrogen (secondary N) is 3. The highest BCUT2D eigenvalue weighted by molar-refractivity contribution is 7.17. The first kappa shape index (κ1) is 27.7. The molecule has 2 heterocycles. The lowest BCUT2D eigenvalue weighted by molar-refractivity contribution is -0.137. The Morgan fingerprint density at radius 3 is 2.51 bits per heavy atom. The van der Waals surface area contributed by atoms with Crippen molar-refractivity contribution in [1.29, 1.82) is 0 Å². The summed E-state index contributed by atoms with van der Waals surface area (Å²) in [5.74, 6) is -0.501. The molecule has 0 saturated heterocycles. The second-order valence-electron chi connectivity index (χ2n) is 8.96. The van der Waals surface area contributed by atoms with Crippen LogP contribution in [0, 0.1) is 6.92 Å². The zero-order valence-electron chi connectivity index (χ0n) is 21.3. The van der Waals surface area contributed by atoms with Gasteiger partial charge >= 0.3 is 6.18 Å². The zero-order chi connectivity index (χ0) is 28.2. The molecule has 0 aliphatic rings. The molecule has 4 aromatic rings. The third kappa shape index (κ3) is 7.39. The second-order valence-corrected chi connectivity index (χ2v) is 9.99. The third-order valence-electron chi connectivity index (χ3n) is 5.48. The van der Waals surface area contributed by atoms with Crippen LogP contribution in [0.25, 0.3) is 0 Å². The van der Waals surface area contributed by atoms with Crippen molar-refractivity contribution in [1.82, 2.24) is 14.9 Å². The number of amides is 2. The monoisotopic (exact) mass is 554 g/mol. The number of thiazole rings is 1. The molecule has 0 spiro atoms. The van der Waals surface area contributed by atoms with Crippen LogP contribution < -0.4 is 16.0 Å². The Labute approximate surface area is 226 Å². The predicted molar refractivity (Wildman–Crippen MR) is 146 cm³/mol. The number of halogens is 3. The molecule has 2 amide bonds. The molecule has 0 saturated carbocycles. The average molecular weight is 555 g/mol. The smallest absolute Gasteiger partial charge is 0.322 e. The minimum Gasteiger partial charge on any atom is -0.322 e. The van der Waals surface area contributed by atoms with Crippen LogP contribution in [0.3, 0.4) is 0 Å². The van der Waals surface area contributed by atoms with E-state index in [9.17, 15) is 22.8 Å². The summed E-state index contributed by atoms with van der Waals surface area (Å²) in [6, 6.07) is 12.8. The summed E-state index contributed by atoms with van der Waals surface area (Å²) < 4.78 is 39.0. The van der Waals surface area contributed by atoms with Crippen molar-refractivity contribution in [2.75, 3.05) is 30.0 Å². The van der Waals surface area contributed by atoms with E-state index in [-0.39, 0.29) is 5.56 Å². The Bertz CT molecular complexity index is 1500. The molecular formula is C27H25F3N6O2S. The number of aryl methyl sites for hydroxylation is 1. The molecule has 0 fully saturated rings. The Balaban J connectivity index is 1.43. The number of carbonyl (C=O) groups is 2. The predicted octanol–water partition coefficient (Wildman–Crippen LogP) is 6.18. The van der Waals surface area contributed by atoms with Gasteiger partial charge in [0.05, 0.1) is 11.8 Å². The minimum atomic E-state index is -4.56. The van der Waals surface area contributed by atoms with Crippen LogP contribution >= 0.6 is 11.3 Å². The zero-order valence-corrected chi connectivity index (χ0v) is 22.1. The SMILES string of the molecule is Cc1ccc(NC(=O)c2cccc(C(F)(F)F)c2)cc1NC(=O)c1cnc(Nc2cc(CN(C)C)ccn2)s1. The number of anilines is 4. The second kappa shape index (κ2) is 11.6. The number of alkyl halides is 3. The molecular weight excluding hydrogens is 529 g/mol. The highest BCUT2D eigenvalue weighted by atomic mass is 32.1. The van der Waals surface area contributed by atoms with Crippen LogP contribution in [-0.2, 0) is 12.7 Å². The summed E-state index contributed by atoms with van der Waals surface area (Å²) in [5, 5.41) is 8.98. The summed E-state index contributed by atoms with van der Waals surface area (Å²) >= 11 is 1.15. The van der Waals surface area contributed by atoms with Crippen LogP contribution in [0.1, 0.15) is 36.7 Å². The van der Waals surface area contributed by atoms with Gasteiger partial charge in [-0.2, -0.15) is 13.2 Å². The molecule has 2 aromatic heterocycles. The van der Waals surface area contributed by atoms with Crippen molar-refractivity contribution < 1.29 is 22.8 Å². The molecule has 2 aromatic carbocycles. The van der Waals surface area contributed by atoms with E-state index in [2.05, 4.69) is 25.9 Å². The van der Waals surface area contributed by atoms with E-state index in [1.807, 2.05) is 31.1 Å². The van der Waals surface area contributed by atoms with Gasteiger partial charge in [-0.05, 0) is 74.6 Å². The first-order chi connectivity index (χ1) is 18.5. The lowest BCUT2D eigenvalue weighted by atomic mass is 10.1. The molecule has 0 aliphatic carbocycles. The molecule has 0 unspecified atom stereocenters. The normalized spacial score (nSPS) is 11.4. The standard InChI is InChI=1S/C27H25F3N6O2S/c1-16-7-8-20(33-24(37)18-5-4-6-19(12-18)27(28,29)30)13-21(16)34-25(38)22-14-32-26(39-22)35-23-11-17(9-10-31-23)15-36(2)3/h4-14H,15H2,1-3H3,(H,33,37)(H,34,38)(H,31,32,35). The van der Waals surface area contributed by atoms with E-state index in [1.54, 1.807) is 31.3 Å². The van der Waals surface area contributed by atoms with Gasteiger partial charge in [0.1, 0.15) is 10.7 Å². The van der Waals surface area contributed by atoms with Crippen molar-refractivity contribution >= 4 is 45.5 Å². The van der Waals surface area contributed by atoms with Crippen molar-refractivity contribution in [3.05, 3.63) is 94.1 Å². The van der Waals surface area contributed by atoms with Crippen molar-refractivity contribution in [2.24, 2.45) is 0 Å². The maximum absolute atomic E-state index is 13.0. The van der Waals surface area contributed by atoms with E-state index in [1.165, 1.54) is 18.3 Å². The molecule has 202 valence electrons. The van der Waals surface area contributed by atoms with Gasteiger partial charge in [-0.1, -0.05) is 23.5 Å². The van der Waals surface area contributed by atoms with Gasteiger partial charge < -0.3 is 20.9 Å². The summed E-state index contributed by atoms with van der Waals surface area (Å²) in [6.07, 6.45) is -1.42. The van der Waals surface area contributed by atoms with Gasteiger partial charge in [0, 0.05) is 29.7 Å². The fourth-order valence-corrected chi connectivity index (χ4v) is 4.33. The lowest BCUT2D eigenvalue weighted by Crippen LogP contribution is -2.15. The fraction of sp³-hybridized carbons (Fsp3) is 0.185. The Morgan fingerprint density at radius 2 is 1.77 bits per heavy atom. The quantitative estimate of drug-likeness (QED) is 0.241. The minimum absolute atomic E-state index is 0.137. The van der Waals surface area contributed by atoms with E-state index in [0.717, 1.165) is 41.1 Å². The molecule has 8 nitrogen and oxygen atoms in total. The van der Waals surface area contributed by atoms with Crippen LogP contribution in [0.15, 0.2) is 67.0 Å². The summed E-state index contributed by atoms with van der Waals surface area (Å²) in [5.41, 5.74) is 1.49. The lowest BCUT2D eigenvalue weighted by Gasteiger charge is -2.12. The van der Waals surface area contributed by atoms with Crippen molar-refractivity contribution in [3.63, 3.8) is 0 Å². The highest BCUT2D eigenvalue weighted by Crippen LogP contribution is 2.30. The largest absolute Gasteiger partial charge is 0.416 e. The van der Waals surface area contributed by atoms with Gasteiger partial charge in [-0.15, -0.1) is 0 Å². The molecule has 0 radical (unpaired) electrons. The maximum atomic E-state index is 13.0. The molecule has 39 heavy (non-hydrogen) atoms. The molecule has 0 bridgehead atoms. The Kier molecular flexibility index (Phi) is 8.27. The first-order valence-electron chi connectivity index (χ1n) is 11.7. The number of hydrogen-bond donors (Lipinski definition) is 3. The highest BCUT2D eigenvalue weighted by Gasteiger charge is 2.31. The van der Waals surface area contributed by atoms with E-state index < -0.39 is 23.6 Å². The first-order valence-corrected chi connectivity index (χ1v) is 12.5. The van der Waals surface area contributed by atoms with Gasteiger partial charge in [-0.25, -0.2) is 9.97 Å². The van der Waals surface area contributed by atoms with Crippen LogP contribution in [0.2, 0.25) is 0 Å². The number of rotatable bonds is 8. The van der Waals surface area contributed by atoms with Gasteiger partial charge in [0.15, 0.2) is 5.13 Å². The van der Waals surface area contributed by atoms with E-state index in [0.29, 0.717) is 27.2 Å². The number of carbonyl (C=O) groups excluding carboxylic acids is 2. The summed E-state index contributed by atoms with van der Waals surface area (Å²) in [6.45, 7) is 2.53. The maximum Gasteiger partial charge on any atom is 0.416 e. The van der Waals surface area contributed by atoms with E-state index in [4.69, 9.17) is 0 Å². The fourth-order valence-electron chi connectivity index (χ4n) is 3.61. The third-order valence-corrected chi connectivity index (χ3v) is 6.39. The average Bonchev–Trinajstić information content (AvgIpc) is 3.34. The van der Waals surface area contributed by atoms with Crippen LogP contribution in [-0.4, -0.2) is 40.8 Å². The Morgan fingerprint density at radius 1 is 0.974 bits per heavy atom. The number of benzene rings is 2. The van der Waals surface area contributed by atoms with Gasteiger partial charge in [0.25, 0.3) is 11.8 Å². The number of pyridine rings is 1. The molecule has 4 rings (SSSR count). The van der Waals surface area contributed by atoms with Crippen LogP contribution in [0.4, 0.5) is 35.5 Å². The summed E-state index contributed by atoms with van der Waals surface area (Å²) in [7, 11) is 3.95. The van der Waals surface area contributed by atoms with Gasteiger partial charge in [-0.3, -0.25) is 9.59 Å². The summed E-state index contributed by atoms with van der Waals surface area (Å²) in [4.78, 5) is 36.4. The molecule has 3 N–H and O–H groups in total. The Hall–Kier alpha value is -4.29. The van der Waals surface area contributed by atoms with Gasteiger partial charge in [0.2, 0.25) is 0 Å². The number of nitrogens with zero attached hydrogens (tertiary/aromatic N) is 3. The van der Waals surface area contributed by atoms with Crippen molar-refractivity contribution in [2.45, 2.75) is 19.6 Å².